The Morgan fingerprint density at radius 2 is 1.23 bits per heavy atom. The van der Waals surface area contributed by atoms with E-state index >= 15 is 0 Å². The number of aromatic nitrogens is 2. The van der Waals surface area contributed by atoms with Crippen LogP contribution in [0, 0.1) is 31.9 Å². The van der Waals surface area contributed by atoms with Crippen LogP contribution in [-0.4, -0.2) is 48.3 Å². The van der Waals surface area contributed by atoms with Gasteiger partial charge in [0.25, 0.3) is 0 Å². The summed E-state index contributed by atoms with van der Waals surface area (Å²) in [5, 5.41) is 34.8. The number of phenols is 1. The van der Waals surface area contributed by atoms with Crippen molar-refractivity contribution >= 4 is 58.2 Å². The summed E-state index contributed by atoms with van der Waals surface area (Å²) < 4.78 is 42.7. The van der Waals surface area contributed by atoms with E-state index in [1.54, 1.807) is 41.5 Å². The predicted molar refractivity (Wildman–Crippen MR) is 190 cm³/mol. The number of ether oxygens (including phenoxy) is 3. The van der Waals surface area contributed by atoms with Crippen LogP contribution in [0.15, 0.2) is 60.9 Å². The lowest BCUT2D eigenvalue weighted by Crippen LogP contribution is -2.27. The van der Waals surface area contributed by atoms with Crippen LogP contribution >= 0.6 is 11.6 Å². The Balaban J connectivity index is 0.000000305. The maximum absolute atomic E-state index is 14.2. The van der Waals surface area contributed by atoms with Crippen LogP contribution < -0.4 is 26.8 Å². The average Bonchev–Trinajstić information content (AvgIpc) is 2.98. The Morgan fingerprint density at radius 1 is 0.774 bits per heavy atom. The number of nitrogens with one attached hydrogen (secondary N) is 2. The molecule has 4 aromatic rings. The Bertz CT molecular complexity index is 1950. The molecule has 0 atom stereocenters. The van der Waals surface area contributed by atoms with Crippen LogP contribution in [0.5, 0.6) is 17.2 Å². The van der Waals surface area contributed by atoms with Crippen LogP contribution in [0.3, 0.4) is 0 Å². The van der Waals surface area contributed by atoms with Crippen molar-refractivity contribution in [2.24, 2.45) is 0 Å². The maximum Gasteiger partial charge on any atom is 0.412 e. The molecule has 284 valence electrons. The van der Waals surface area contributed by atoms with Crippen molar-refractivity contribution in [3.05, 3.63) is 97.8 Å². The minimum Gasteiger partial charge on any atom is -0.508 e. The third kappa shape index (κ3) is 14.3. The van der Waals surface area contributed by atoms with E-state index in [0.29, 0.717) is 0 Å². The molecule has 2 aromatic carbocycles. The zero-order valence-corrected chi connectivity index (χ0v) is 29.7. The van der Waals surface area contributed by atoms with Gasteiger partial charge in [0, 0.05) is 30.6 Å². The summed E-state index contributed by atoms with van der Waals surface area (Å²) >= 11 is 5.46. The van der Waals surface area contributed by atoms with Crippen molar-refractivity contribution in [3.8, 4) is 17.2 Å². The Kier molecular flexibility index (Phi) is 14.5. The highest BCUT2D eigenvalue weighted by Gasteiger charge is 2.23. The van der Waals surface area contributed by atoms with Gasteiger partial charge in [0.05, 0.1) is 21.2 Å². The molecule has 0 saturated heterocycles. The summed E-state index contributed by atoms with van der Waals surface area (Å²) in [6.45, 7) is 10.1. The lowest BCUT2D eigenvalue weighted by molar-refractivity contribution is -0.384. The fraction of sp³-hybridized carbons (Fsp3) is 0.250. The summed E-state index contributed by atoms with van der Waals surface area (Å²) in [5.41, 5.74) is 8.25. The number of halogens is 3. The Hall–Kier alpha value is -6.57. The molecule has 2 amide bonds. The van der Waals surface area contributed by atoms with Crippen LogP contribution in [0.2, 0.25) is 5.02 Å². The predicted octanol–water partition coefficient (Wildman–Crippen LogP) is 7.95. The van der Waals surface area contributed by atoms with Gasteiger partial charge in [0.15, 0.2) is 5.82 Å². The monoisotopic (exact) mass is 764 g/mol. The summed E-state index contributed by atoms with van der Waals surface area (Å²) in [6, 6.07) is 9.53. The van der Waals surface area contributed by atoms with Crippen molar-refractivity contribution < 1.29 is 47.5 Å². The van der Waals surface area contributed by atoms with E-state index < -0.39 is 50.6 Å². The van der Waals surface area contributed by atoms with Gasteiger partial charge in [-0.2, -0.15) is 0 Å². The maximum atomic E-state index is 14.2. The normalized spacial score (nSPS) is 10.7. The third-order valence-corrected chi connectivity index (χ3v) is 5.88. The van der Waals surface area contributed by atoms with E-state index in [0.717, 1.165) is 12.1 Å². The number of benzene rings is 2. The van der Waals surface area contributed by atoms with E-state index in [4.69, 9.17) is 42.4 Å². The number of nitrogens with two attached hydrogens (primary N) is 2. The number of anilines is 4. The number of nitrogen functional groups attached to an aromatic ring is 2. The number of phenolic OH excluding ortho intramolecular Hbond substituents is 1. The van der Waals surface area contributed by atoms with Gasteiger partial charge in [0.2, 0.25) is 17.4 Å². The lowest BCUT2D eigenvalue weighted by atomic mass is 10.2. The standard InChI is InChI=1S/C16H17FN4O5.C11H14FNO3.C5H4ClN3O2/c1-16(2,3)26-15(22)20-11-5-4-9(8-10(11)17)25-12-6-7-19-14(18)13(12)21(23)24;1-11(2,3)16-10(15)13-9-5-4-7(14)6-8(9)12;6-3-1-2-8-5(7)4(3)9(10)11/h4-8H,1-3H3,(H2,18,19)(H,20,22);4-6,14H,1-3H3,(H,13,15);1-2H,(H2,7,8). The van der Waals surface area contributed by atoms with Gasteiger partial charge < -0.3 is 30.8 Å². The Labute approximate surface area is 305 Å². The molecule has 2 aromatic heterocycles. The molecule has 7 N–H and O–H groups in total. The second-order valence-corrected chi connectivity index (χ2v) is 12.7. The molecule has 0 saturated carbocycles. The fourth-order valence-corrected chi connectivity index (χ4v) is 3.79. The average molecular weight is 765 g/mol. The highest BCUT2D eigenvalue weighted by atomic mass is 35.5. The quantitative estimate of drug-likeness (QED) is 0.0708. The van der Waals surface area contributed by atoms with Gasteiger partial charge in [-0.05, 0) is 71.9 Å². The van der Waals surface area contributed by atoms with Crippen molar-refractivity contribution in [3.63, 3.8) is 0 Å². The van der Waals surface area contributed by atoms with Crippen molar-refractivity contribution in [2.45, 2.75) is 52.7 Å². The first-order chi connectivity index (χ1) is 24.5. The molecule has 0 bridgehead atoms. The van der Waals surface area contributed by atoms with Gasteiger partial charge in [0.1, 0.15) is 33.5 Å². The second-order valence-electron chi connectivity index (χ2n) is 12.2. The minimum atomic E-state index is -0.817. The zero-order valence-electron chi connectivity index (χ0n) is 29.0. The molecule has 4 rings (SSSR count). The number of nitro groups is 2. The number of hydrogen-bond acceptors (Lipinski definition) is 14. The molecule has 53 heavy (non-hydrogen) atoms. The van der Waals surface area contributed by atoms with Gasteiger partial charge in [-0.15, -0.1) is 0 Å². The van der Waals surface area contributed by atoms with Gasteiger partial charge >= 0.3 is 23.6 Å². The molecule has 0 aliphatic carbocycles. The molecule has 0 spiro atoms. The van der Waals surface area contributed by atoms with Crippen LogP contribution in [-0.2, 0) is 9.47 Å². The first-order valence-electron chi connectivity index (χ1n) is 14.9. The molecule has 0 unspecified atom stereocenters. The molecule has 2 heterocycles. The molecule has 0 aliphatic heterocycles. The number of carbonyl (C=O) groups is 2. The second kappa shape index (κ2) is 18.1. The number of rotatable bonds is 6. The molecular weight excluding hydrogens is 730 g/mol. The fourth-order valence-electron chi connectivity index (χ4n) is 3.56. The van der Waals surface area contributed by atoms with E-state index in [2.05, 4.69) is 20.6 Å². The van der Waals surface area contributed by atoms with Gasteiger partial charge in [-0.3, -0.25) is 30.9 Å². The van der Waals surface area contributed by atoms with E-state index in [1.165, 1.54) is 48.8 Å². The van der Waals surface area contributed by atoms with E-state index in [-0.39, 0.29) is 51.0 Å². The summed E-state index contributed by atoms with van der Waals surface area (Å²) in [4.78, 5) is 50.0. The van der Waals surface area contributed by atoms with Crippen molar-refractivity contribution in [1.29, 1.82) is 0 Å². The first-order valence-corrected chi connectivity index (χ1v) is 15.2. The third-order valence-electron chi connectivity index (χ3n) is 5.58. The highest BCUT2D eigenvalue weighted by Crippen LogP contribution is 2.35. The van der Waals surface area contributed by atoms with Crippen LogP contribution in [0.4, 0.5) is 52.8 Å². The minimum absolute atomic E-state index is 0.00231. The molecule has 18 nitrogen and oxygen atoms in total. The number of nitrogens with zero attached hydrogens (tertiary/aromatic N) is 4. The van der Waals surface area contributed by atoms with Crippen LogP contribution in [0.1, 0.15) is 41.5 Å². The Morgan fingerprint density at radius 3 is 1.64 bits per heavy atom. The SMILES string of the molecule is CC(C)(C)OC(=O)Nc1ccc(O)cc1F.CC(C)(C)OC(=O)Nc1ccc(Oc2ccnc(N)c2[N+](=O)[O-])cc1F.Nc1nccc(Cl)c1[N+](=O)[O-]. The molecule has 21 heteroatoms. The smallest absolute Gasteiger partial charge is 0.412 e. The van der Waals surface area contributed by atoms with E-state index in [1.807, 2.05) is 0 Å². The molecule has 0 aliphatic rings. The largest absolute Gasteiger partial charge is 0.508 e. The van der Waals surface area contributed by atoms with Crippen molar-refractivity contribution in [2.75, 3.05) is 22.1 Å². The van der Waals surface area contributed by atoms with E-state index in [9.17, 15) is 38.6 Å². The number of carbonyl (C=O) groups excluding carboxylic acids is 2. The number of amides is 2. The van der Waals surface area contributed by atoms with Gasteiger partial charge in [-0.25, -0.2) is 28.3 Å². The number of pyridine rings is 2. The van der Waals surface area contributed by atoms with Crippen LogP contribution in [0.25, 0.3) is 0 Å². The summed E-state index contributed by atoms with van der Waals surface area (Å²) in [6.07, 6.45) is 0.983. The summed E-state index contributed by atoms with van der Waals surface area (Å²) in [7, 11) is 0. The molecular formula is C32H35ClF2N8O10. The van der Waals surface area contributed by atoms with Gasteiger partial charge in [-0.1, -0.05) is 11.6 Å². The molecule has 0 radical (unpaired) electrons. The van der Waals surface area contributed by atoms with Crippen molar-refractivity contribution in [1.82, 2.24) is 9.97 Å². The first kappa shape index (κ1) is 42.6. The lowest BCUT2D eigenvalue weighted by Gasteiger charge is -2.19. The number of aromatic hydroxyl groups is 1. The molecule has 0 fully saturated rings. The summed E-state index contributed by atoms with van der Waals surface area (Å²) in [5.74, 6) is -2.42. The topological polar surface area (TPSA) is 270 Å². The zero-order chi connectivity index (χ0) is 40.3. The number of hydrogen-bond donors (Lipinski definition) is 5. The highest BCUT2D eigenvalue weighted by molar-refractivity contribution is 6.33.